The summed E-state index contributed by atoms with van der Waals surface area (Å²) in [7, 11) is -3.21. The second kappa shape index (κ2) is 7.57. The highest BCUT2D eigenvalue weighted by Crippen LogP contribution is 2.23. The zero-order valence-corrected chi connectivity index (χ0v) is 14.3. The van der Waals surface area contributed by atoms with E-state index in [-0.39, 0.29) is 18.4 Å². The van der Waals surface area contributed by atoms with Crippen LogP contribution in [0, 0.1) is 6.92 Å². The lowest BCUT2D eigenvalue weighted by Crippen LogP contribution is -2.47. The first kappa shape index (κ1) is 17.4. The van der Waals surface area contributed by atoms with Crippen LogP contribution in [0.4, 0.5) is 0 Å². The Hall–Kier alpha value is -0.910. The van der Waals surface area contributed by atoms with Crippen LogP contribution >= 0.6 is 0 Å². The van der Waals surface area contributed by atoms with Gasteiger partial charge in [0.05, 0.1) is 17.3 Å². The van der Waals surface area contributed by atoms with Crippen molar-refractivity contribution in [2.24, 2.45) is 0 Å². The van der Waals surface area contributed by atoms with Crippen molar-refractivity contribution in [2.45, 2.75) is 56.5 Å². The van der Waals surface area contributed by atoms with Crippen LogP contribution in [0.25, 0.3) is 0 Å². The highest BCUT2D eigenvalue weighted by Gasteiger charge is 2.27. The maximum Gasteiger partial charge on any atom is 0.178 e. The van der Waals surface area contributed by atoms with Crippen molar-refractivity contribution in [3.8, 4) is 0 Å². The van der Waals surface area contributed by atoms with Gasteiger partial charge in [0, 0.05) is 12.1 Å². The predicted octanol–water partition coefficient (Wildman–Crippen LogP) is 2.39. The van der Waals surface area contributed by atoms with Gasteiger partial charge in [-0.1, -0.05) is 24.1 Å². The van der Waals surface area contributed by atoms with E-state index in [2.05, 4.69) is 11.8 Å². The first-order valence-electron chi connectivity index (χ1n) is 8.10. The van der Waals surface area contributed by atoms with Crippen molar-refractivity contribution in [2.75, 3.05) is 18.9 Å². The van der Waals surface area contributed by atoms with Gasteiger partial charge in [0.1, 0.15) is 0 Å². The zero-order valence-electron chi connectivity index (χ0n) is 13.5. The van der Waals surface area contributed by atoms with Gasteiger partial charge in [0.15, 0.2) is 9.84 Å². The number of rotatable bonds is 6. The minimum absolute atomic E-state index is 0.162. The summed E-state index contributed by atoms with van der Waals surface area (Å²) in [6, 6.07) is 7.65. The lowest BCUT2D eigenvalue weighted by Gasteiger charge is -2.39. The Bertz CT molecular complexity index is 568. The zero-order chi connectivity index (χ0) is 16.2. The molecule has 1 fully saturated rings. The maximum atomic E-state index is 12.3. The minimum atomic E-state index is -3.21. The van der Waals surface area contributed by atoms with E-state index in [1.807, 2.05) is 19.1 Å². The summed E-state index contributed by atoms with van der Waals surface area (Å²) in [4.78, 5) is 2.68. The molecule has 1 aromatic carbocycles. The molecule has 0 spiro atoms. The average Bonchev–Trinajstić information content (AvgIpc) is 2.49. The Balaban J connectivity index is 1.93. The van der Waals surface area contributed by atoms with Crippen LogP contribution in [0.1, 0.15) is 38.2 Å². The van der Waals surface area contributed by atoms with E-state index in [4.69, 9.17) is 0 Å². The fraction of sp³-hybridized carbons (Fsp3) is 0.647. The number of piperidine rings is 1. The average molecular weight is 325 g/mol. The van der Waals surface area contributed by atoms with Crippen LogP contribution in [-0.4, -0.2) is 49.4 Å². The third kappa shape index (κ3) is 4.31. The molecular formula is C17H27NO3S. The molecule has 0 aromatic heterocycles. The molecule has 4 nitrogen and oxygen atoms in total. The van der Waals surface area contributed by atoms with Gasteiger partial charge in [-0.3, -0.25) is 4.90 Å². The summed E-state index contributed by atoms with van der Waals surface area (Å²) in [5.41, 5.74) is 1.06. The van der Waals surface area contributed by atoms with Crippen LogP contribution in [0.5, 0.6) is 0 Å². The molecule has 0 radical (unpaired) electrons. The molecule has 0 amide bonds. The van der Waals surface area contributed by atoms with Crippen LogP contribution < -0.4 is 0 Å². The fourth-order valence-electron chi connectivity index (χ4n) is 3.24. The van der Waals surface area contributed by atoms with Crippen molar-refractivity contribution < 1.29 is 13.5 Å². The van der Waals surface area contributed by atoms with Crippen molar-refractivity contribution in [1.82, 2.24) is 4.90 Å². The summed E-state index contributed by atoms with van der Waals surface area (Å²) < 4.78 is 24.7. The minimum Gasteiger partial charge on any atom is -0.395 e. The Morgan fingerprint density at radius 3 is 2.55 bits per heavy atom. The van der Waals surface area contributed by atoms with Gasteiger partial charge in [0.25, 0.3) is 0 Å². The monoisotopic (exact) mass is 325 g/mol. The molecule has 0 bridgehead atoms. The van der Waals surface area contributed by atoms with Gasteiger partial charge in [-0.05, 0) is 51.8 Å². The Morgan fingerprint density at radius 1 is 1.23 bits per heavy atom. The smallest absolute Gasteiger partial charge is 0.178 e. The largest absolute Gasteiger partial charge is 0.395 e. The van der Waals surface area contributed by atoms with Crippen molar-refractivity contribution in [3.05, 3.63) is 29.8 Å². The molecule has 1 N–H and O–H groups in total. The van der Waals surface area contributed by atoms with Gasteiger partial charge >= 0.3 is 0 Å². The van der Waals surface area contributed by atoms with Gasteiger partial charge < -0.3 is 5.11 Å². The van der Waals surface area contributed by atoms with Gasteiger partial charge in [-0.2, -0.15) is 0 Å². The van der Waals surface area contributed by atoms with E-state index in [9.17, 15) is 13.5 Å². The predicted molar refractivity (Wildman–Crippen MR) is 88.7 cm³/mol. The van der Waals surface area contributed by atoms with Crippen LogP contribution in [-0.2, 0) is 9.84 Å². The van der Waals surface area contributed by atoms with E-state index in [1.165, 1.54) is 0 Å². The number of nitrogens with zero attached hydrogens (tertiary/aromatic N) is 1. The van der Waals surface area contributed by atoms with Crippen LogP contribution in [0.15, 0.2) is 29.2 Å². The van der Waals surface area contributed by atoms with Gasteiger partial charge in [-0.25, -0.2) is 8.42 Å². The molecule has 1 aromatic rings. The molecule has 1 aliphatic rings. The highest BCUT2D eigenvalue weighted by atomic mass is 32.2. The quantitative estimate of drug-likeness (QED) is 0.872. The third-order valence-electron chi connectivity index (χ3n) is 4.61. The lowest BCUT2D eigenvalue weighted by atomic mass is 9.97. The maximum absolute atomic E-state index is 12.3. The van der Waals surface area contributed by atoms with Crippen LogP contribution in [0.2, 0.25) is 0 Å². The van der Waals surface area contributed by atoms with E-state index in [0.717, 1.165) is 31.4 Å². The van der Waals surface area contributed by atoms with E-state index < -0.39 is 9.84 Å². The van der Waals surface area contributed by atoms with E-state index in [1.54, 1.807) is 12.1 Å². The summed E-state index contributed by atoms with van der Waals surface area (Å²) in [6.45, 7) is 5.01. The molecule has 0 saturated carbocycles. The van der Waals surface area contributed by atoms with Crippen molar-refractivity contribution in [1.29, 1.82) is 0 Å². The number of likely N-dealkylation sites (tertiary alicyclic amines) is 1. The molecule has 22 heavy (non-hydrogen) atoms. The number of aliphatic hydroxyl groups excluding tert-OH is 1. The lowest BCUT2D eigenvalue weighted by molar-refractivity contribution is 0.0522. The van der Waals surface area contributed by atoms with E-state index in [0.29, 0.717) is 17.4 Å². The van der Waals surface area contributed by atoms with Crippen molar-refractivity contribution >= 4 is 9.84 Å². The number of sulfone groups is 1. The first-order chi connectivity index (χ1) is 10.4. The van der Waals surface area contributed by atoms with Gasteiger partial charge in [-0.15, -0.1) is 0 Å². The van der Waals surface area contributed by atoms with Gasteiger partial charge in [0.2, 0.25) is 0 Å². The molecule has 1 saturated heterocycles. The summed E-state index contributed by atoms with van der Waals surface area (Å²) in [5.74, 6) is 0.164. The summed E-state index contributed by atoms with van der Waals surface area (Å²) in [5, 5.41) is 9.48. The molecular weight excluding hydrogens is 298 g/mol. The number of benzene rings is 1. The first-order valence-corrected chi connectivity index (χ1v) is 9.75. The third-order valence-corrected chi connectivity index (χ3v) is 6.43. The molecule has 2 rings (SSSR count). The highest BCUT2D eigenvalue weighted by molar-refractivity contribution is 7.91. The Morgan fingerprint density at radius 2 is 1.91 bits per heavy atom. The SMILES string of the molecule is Cc1ccc(S(=O)(=O)CCCN2C(C)CCCC2CO)cc1. The fourth-order valence-corrected chi connectivity index (χ4v) is 4.54. The van der Waals surface area contributed by atoms with Crippen LogP contribution in [0.3, 0.4) is 0 Å². The Kier molecular flexibility index (Phi) is 6.01. The molecule has 5 heteroatoms. The normalized spacial score (nSPS) is 23.6. The standard InChI is InChI=1S/C17H27NO3S/c1-14-7-9-17(10-8-14)22(20,21)12-4-11-18-15(2)5-3-6-16(18)13-19/h7-10,15-16,19H,3-6,11-13H2,1-2H3. The number of aryl methyl sites for hydroxylation is 1. The number of hydrogen-bond acceptors (Lipinski definition) is 4. The molecule has 124 valence electrons. The molecule has 2 unspecified atom stereocenters. The molecule has 2 atom stereocenters. The second-order valence-corrected chi connectivity index (χ2v) is 8.45. The van der Waals surface area contributed by atoms with E-state index >= 15 is 0 Å². The molecule has 1 heterocycles. The second-order valence-electron chi connectivity index (χ2n) is 6.34. The summed E-state index contributed by atoms with van der Waals surface area (Å²) in [6.07, 6.45) is 3.88. The van der Waals surface area contributed by atoms with Crippen molar-refractivity contribution in [3.63, 3.8) is 0 Å². The topological polar surface area (TPSA) is 57.6 Å². The Labute approximate surface area is 134 Å². The number of hydrogen-bond donors (Lipinski definition) is 1. The molecule has 1 aliphatic heterocycles. The summed E-state index contributed by atoms with van der Waals surface area (Å²) >= 11 is 0. The number of aliphatic hydroxyl groups is 1. The molecule has 0 aliphatic carbocycles.